The molecule has 0 radical (unpaired) electrons. The van der Waals surface area contributed by atoms with E-state index in [2.05, 4.69) is 24.5 Å². The van der Waals surface area contributed by atoms with Gasteiger partial charge >= 0.3 is 0 Å². The van der Waals surface area contributed by atoms with Gasteiger partial charge in [-0.3, -0.25) is 4.79 Å². The van der Waals surface area contributed by atoms with E-state index in [9.17, 15) is 4.79 Å². The average Bonchev–Trinajstić information content (AvgIpc) is 2.29. The van der Waals surface area contributed by atoms with E-state index >= 15 is 0 Å². The molecule has 0 heterocycles. The molecule has 0 aliphatic carbocycles. The molecule has 0 spiro atoms. The lowest BCUT2D eigenvalue weighted by molar-refractivity contribution is -0.123. The number of benzene rings is 1. The molecule has 1 aromatic rings. The molecule has 0 bridgehead atoms. The number of rotatable bonds is 5. The van der Waals surface area contributed by atoms with Crippen molar-refractivity contribution in [2.24, 2.45) is 11.3 Å². The summed E-state index contributed by atoms with van der Waals surface area (Å²) in [6.07, 6.45) is 1.16. The lowest BCUT2D eigenvalue weighted by atomic mass is 9.95. The molecule has 0 fully saturated rings. The first kappa shape index (κ1) is 15.5. The first-order valence-electron chi connectivity index (χ1n) is 6.94. The van der Waals surface area contributed by atoms with Crippen LogP contribution < -0.4 is 10.6 Å². The fourth-order valence-electron chi connectivity index (χ4n) is 1.50. The van der Waals surface area contributed by atoms with E-state index in [4.69, 9.17) is 0 Å². The van der Waals surface area contributed by atoms with Crippen LogP contribution >= 0.6 is 0 Å². The molecule has 0 unspecified atom stereocenters. The van der Waals surface area contributed by atoms with E-state index in [1.807, 2.05) is 45.0 Å². The summed E-state index contributed by atoms with van der Waals surface area (Å²) in [6.45, 7) is 11.1. The van der Waals surface area contributed by atoms with Gasteiger partial charge in [-0.05, 0) is 36.6 Å². The Morgan fingerprint density at radius 3 is 2.11 bits per heavy atom. The highest BCUT2D eigenvalue weighted by atomic mass is 16.2. The van der Waals surface area contributed by atoms with Gasteiger partial charge in [-0.15, -0.1) is 0 Å². The van der Waals surface area contributed by atoms with Crippen molar-refractivity contribution in [1.82, 2.24) is 0 Å². The smallest absolute Gasteiger partial charge is 0.229 e. The van der Waals surface area contributed by atoms with Gasteiger partial charge in [-0.1, -0.05) is 34.6 Å². The third-order valence-corrected chi connectivity index (χ3v) is 2.87. The minimum absolute atomic E-state index is 0.0352. The number of anilines is 2. The predicted molar refractivity (Wildman–Crippen MR) is 82.5 cm³/mol. The van der Waals surface area contributed by atoms with E-state index in [1.165, 1.54) is 0 Å². The summed E-state index contributed by atoms with van der Waals surface area (Å²) >= 11 is 0. The van der Waals surface area contributed by atoms with Crippen LogP contribution in [0.3, 0.4) is 0 Å². The zero-order chi connectivity index (χ0) is 14.5. The Morgan fingerprint density at radius 2 is 1.63 bits per heavy atom. The van der Waals surface area contributed by atoms with E-state index in [0.29, 0.717) is 5.92 Å². The summed E-state index contributed by atoms with van der Waals surface area (Å²) in [5.74, 6) is 0.742. The van der Waals surface area contributed by atoms with Crippen molar-refractivity contribution in [3.8, 4) is 0 Å². The van der Waals surface area contributed by atoms with Crippen LogP contribution in [0.25, 0.3) is 0 Å². The second-order valence-electron chi connectivity index (χ2n) is 6.39. The molecule has 3 nitrogen and oxygen atoms in total. The van der Waals surface area contributed by atoms with Crippen molar-refractivity contribution in [3.63, 3.8) is 0 Å². The topological polar surface area (TPSA) is 41.1 Å². The Hall–Kier alpha value is -1.51. The SMILES string of the molecule is CC(C)CCNc1ccc(NC(=O)C(C)(C)C)cc1. The highest BCUT2D eigenvalue weighted by Crippen LogP contribution is 2.19. The van der Waals surface area contributed by atoms with Crippen molar-refractivity contribution in [1.29, 1.82) is 0 Å². The van der Waals surface area contributed by atoms with Crippen molar-refractivity contribution < 1.29 is 4.79 Å². The second-order valence-corrected chi connectivity index (χ2v) is 6.39. The minimum atomic E-state index is -0.367. The van der Waals surface area contributed by atoms with Gasteiger partial charge in [0.25, 0.3) is 0 Å². The minimum Gasteiger partial charge on any atom is -0.385 e. The van der Waals surface area contributed by atoms with Gasteiger partial charge in [-0.25, -0.2) is 0 Å². The highest BCUT2D eigenvalue weighted by Gasteiger charge is 2.20. The normalized spacial score (nSPS) is 11.5. The molecule has 0 atom stereocenters. The molecule has 19 heavy (non-hydrogen) atoms. The fourth-order valence-corrected chi connectivity index (χ4v) is 1.50. The van der Waals surface area contributed by atoms with Crippen LogP contribution in [0.4, 0.5) is 11.4 Å². The van der Waals surface area contributed by atoms with Gasteiger partial charge in [0.15, 0.2) is 0 Å². The Labute approximate surface area is 116 Å². The van der Waals surface area contributed by atoms with Gasteiger partial charge in [0, 0.05) is 23.3 Å². The molecule has 0 saturated heterocycles. The third-order valence-electron chi connectivity index (χ3n) is 2.87. The molecule has 2 N–H and O–H groups in total. The van der Waals surface area contributed by atoms with Crippen LogP contribution in [0.1, 0.15) is 41.0 Å². The first-order chi connectivity index (χ1) is 8.79. The molecule has 1 aromatic carbocycles. The van der Waals surface area contributed by atoms with Crippen LogP contribution in [0.2, 0.25) is 0 Å². The lowest BCUT2D eigenvalue weighted by Crippen LogP contribution is -2.27. The van der Waals surface area contributed by atoms with E-state index in [1.54, 1.807) is 0 Å². The van der Waals surface area contributed by atoms with E-state index < -0.39 is 0 Å². The molecule has 0 aliphatic heterocycles. The van der Waals surface area contributed by atoms with Crippen LogP contribution in [0.5, 0.6) is 0 Å². The van der Waals surface area contributed by atoms with Gasteiger partial charge in [-0.2, -0.15) is 0 Å². The Kier molecular flexibility index (Phi) is 5.40. The summed E-state index contributed by atoms with van der Waals surface area (Å²) in [5, 5.41) is 6.29. The summed E-state index contributed by atoms with van der Waals surface area (Å²) in [6, 6.07) is 7.86. The Morgan fingerprint density at radius 1 is 1.11 bits per heavy atom. The quantitative estimate of drug-likeness (QED) is 0.837. The number of amides is 1. The molecule has 1 rings (SSSR count). The molecular weight excluding hydrogens is 236 g/mol. The van der Waals surface area contributed by atoms with Crippen molar-refractivity contribution >= 4 is 17.3 Å². The first-order valence-corrected chi connectivity index (χ1v) is 6.94. The van der Waals surface area contributed by atoms with E-state index in [-0.39, 0.29) is 11.3 Å². The zero-order valence-corrected chi connectivity index (χ0v) is 12.7. The Balaban J connectivity index is 2.50. The lowest BCUT2D eigenvalue weighted by Gasteiger charge is -2.17. The van der Waals surface area contributed by atoms with Gasteiger partial charge in [0.1, 0.15) is 0 Å². The largest absolute Gasteiger partial charge is 0.385 e. The van der Waals surface area contributed by atoms with Crippen LogP contribution in [-0.2, 0) is 4.79 Å². The van der Waals surface area contributed by atoms with Crippen LogP contribution in [0.15, 0.2) is 24.3 Å². The zero-order valence-electron chi connectivity index (χ0n) is 12.7. The molecule has 3 heteroatoms. The standard InChI is InChI=1S/C16H26N2O/c1-12(2)10-11-17-13-6-8-14(9-7-13)18-15(19)16(3,4)5/h6-9,12,17H,10-11H2,1-5H3,(H,18,19). The second kappa shape index (κ2) is 6.60. The van der Waals surface area contributed by atoms with Gasteiger partial charge in [0.05, 0.1) is 0 Å². The van der Waals surface area contributed by atoms with Gasteiger partial charge < -0.3 is 10.6 Å². The maximum absolute atomic E-state index is 11.8. The van der Waals surface area contributed by atoms with Crippen molar-refractivity contribution in [2.75, 3.05) is 17.2 Å². The summed E-state index contributed by atoms with van der Waals surface area (Å²) in [7, 11) is 0. The van der Waals surface area contributed by atoms with Crippen molar-refractivity contribution in [3.05, 3.63) is 24.3 Å². The molecular formula is C16H26N2O. The van der Waals surface area contributed by atoms with E-state index in [0.717, 1.165) is 24.3 Å². The fraction of sp³-hybridized carbons (Fsp3) is 0.562. The third kappa shape index (κ3) is 5.77. The summed E-state index contributed by atoms with van der Waals surface area (Å²) in [5.41, 5.74) is 1.57. The number of carbonyl (C=O) groups is 1. The Bertz CT molecular complexity index is 402. The molecule has 0 aromatic heterocycles. The number of nitrogens with one attached hydrogen (secondary N) is 2. The number of hydrogen-bond acceptors (Lipinski definition) is 2. The maximum atomic E-state index is 11.8. The molecule has 1 amide bonds. The summed E-state index contributed by atoms with van der Waals surface area (Å²) < 4.78 is 0. The molecule has 106 valence electrons. The molecule has 0 saturated carbocycles. The van der Waals surface area contributed by atoms with Crippen molar-refractivity contribution in [2.45, 2.75) is 41.0 Å². The predicted octanol–water partition coefficient (Wildman–Crippen LogP) is 4.13. The highest BCUT2D eigenvalue weighted by molar-refractivity contribution is 5.94. The van der Waals surface area contributed by atoms with Crippen LogP contribution in [-0.4, -0.2) is 12.5 Å². The van der Waals surface area contributed by atoms with Crippen LogP contribution in [0, 0.1) is 11.3 Å². The number of carbonyl (C=O) groups excluding carboxylic acids is 1. The molecule has 0 aliphatic rings. The maximum Gasteiger partial charge on any atom is 0.229 e. The summed E-state index contributed by atoms with van der Waals surface area (Å²) in [4.78, 5) is 11.8. The average molecular weight is 262 g/mol. The monoisotopic (exact) mass is 262 g/mol. The van der Waals surface area contributed by atoms with Gasteiger partial charge in [0.2, 0.25) is 5.91 Å². The number of hydrogen-bond donors (Lipinski definition) is 2.